The summed E-state index contributed by atoms with van der Waals surface area (Å²) in [6, 6.07) is 0. The van der Waals surface area contributed by atoms with Crippen molar-refractivity contribution < 1.29 is 5.11 Å². The Kier molecular flexibility index (Phi) is 3.19. The van der Waals surface area contributed by atoms with Gasteiger partial charge in [-0.2, -0.15) is 5.10 Å². The van der Waals surface area contributed by atoms with Crippen LogP contribution in [0.1, 0.15) is 55.9 Å². The van der Waals surface area contributed by atoms with Gasteiger partial charge in [0.05, 0.1) is 11.8 Å². The average molecular weight is 237 g/mol. The van der Waals surface area contributed by atoms with Crippen molar-refractivity contribution in [3.63, 3.8) is 0 Å². The highest BCUT2D eigenvalue weighted by molar-refractivity contribution is 5.48. The summed E-state index contributed by atoms with van der Waals surface area (Å²) in [6.45, 7) is 1.63. The topological polar surface area (TPSA) is 81.1 Å². The molecule has 5 heteroatoms. The number of nitrogens with two attached hydrogens (primary N) is 1. The van der Waals surface area contributed by atoms with Crippen LogP contribution in [-0.2, 0) is 7.05 Å². The molecular formula is C12H19N3O2. The summed E-state index contributed by atoms with van der Waals surface area (Å²) >= 11 is 0. The number of aryl methyl sites for hydroxylation is 1. The second-order valence-electron chi connectivity index (χ2n) is 4.80. The highest BCUT2D eigenvalue weighted by atomic mass is 16.3. The van der Waals surface area contributed by atoms with Crippen LogP contribution in [-0.4, -0.2) is 14.9 Å². The average Bonchev–Trinajstić information content (AvgIpc) is 2.77. The first-order valence-electron chi connectivity index (χ1n) is 6.07. The number of hydrogen-bond donors (Lipinski definition) is 2. The van der Waals surface area contributed by atoms with E-state index >= 15 is 0 Å². The number of aliphatic hydroxyl groups excluding tert-OH is 1. The number of aromatic nitrogens is 2. The van der Waals surface area contributed by atoms with Crippen LogP contribution < -0.4 is 11.3 Å². The highest BCUT2D eigenvalue weighted by Gasteiger charge is 2.26. The highest BCUT2D eigenvalue weighted by Crippen LogP contribution is 2.37. The molecule has 1 fully saturated rings. The molecule has 0 saturated heterocycles. The Balaban J connectivity index is 2.60. The van der Waals surface area contributed by atoms with E-state index in [1.165, 1.54) is 17.5 Å². The predicted octanol–water partition coefficient (Wildman–Crippen LogP) is 1.07. The summed E-state index contributed by atoms with van der Waals surface area (Å²) in [6.07, 6.45) is 3.73. The Hall–Kier alpha value is -1.36. The van der Waals surface area contributed by atoms with Crippen molar-refractivity contribution in [2.75, 3.05) is 5.73 Å². The van der Waals surface area contributed by atoms with Gasteiger partial charge in [0.1, 0.15) is 5.69 Å². The first kappa shape index (κ1) is 12.1. The summed E-state index contributed by atoms with van der Waals surface area (Å²) in [4.78, 5) is 11.7. The van der Waals surface area contributed by atoms with Crippen LogP contribution in [0, 0.1) is 0 Å². The van der Waals surface area contributed by atoms with Gasteiger partial charge in [-0.1, -0.05) is 12.8 Å². The summed E-state index contributed by atoms with van der Waals surface area (Å²) in [7, 11) is 1.60. The SMILES string of the molecule is CC(O)c1c(C2CCCC2)nn(C)c(=O)c1N. The van der Waals surface area contributed by atoms with E-state index in [2.05, 4.69) is 5.10 Å². The second kappa shape index (κ2) is 4.49. The maximum absolute atomic E-state index is 11.7. The fourth-order valence-corrected chi connectivity index (χ4v) is 2.63. The Labute approximate surface area is 100 Å². The summed E-state index contributed by atoms with van der Waals surface area (Å²) in [5.74, 6) is 0.327. The van der Waals surface area contributed by atoms with E-state index in [4.69, 9.17) is 5.73 Å². The third kappa shape index (κ3) is 2.07. The third-order valence-electron chi connectivity index (χ3n) is 3.51. The van der Waals surface area contributed by atoms with Crippen LogP contribution in [0.4, 0.5) is 5.69 Å². The zero-order valence-electron chi connectivity index (χ0n) is 10.3. The van der Waals surface area contributed by atoms with E-state index in [-0.39, 0.29) is 11.2 Å². The Morgan fingerprint density at radius 1 is 1.47 bits per heavy atom. The van der Waals surface area contributed by atoms with Gasteiger partial charge in [0.15, 0.2) is 0 Å². The molecular weight excluding hydrogens is 218 g/mol. The lowest BCUT2D eigenvalue weighted by Gasteiger charge is -2.18. The van der Waals surface area contributed by atoms with E-state index < -0.39 is 6.10 Å². The molecule has 2 rings (SSSR count). The van der Waals surface area contributed by atoms with Crippen LogP contribution in [0.15, 0.2) is 4.79 Å². The van der Waals surface area contributed by atoms with Crippen LogP contribution in [0.25, 0.3) is 0 Å². The molecule has 17 heavy (non-hydrogen) atoms. The number of nitrogens with zero attached hydrogens (tertiary/aromatic N) is 2. The van der Waals surface area contributed by atoms with Gasteiger partial charge in [-0.25, -0.2) is 4.68 Å². The number of aliphatic hydroxyl groups is 1. The minimum atomic E-state index is -0.744. The van der Waals surface area contributed by atoms with Crippen LogP contribution in [0.3, 0.4) is 0 Å². The molecule has 1 unspecified atom stereocenters. The van der Waals surface area contributed by atoms with Gasteiger partial charge < -0.3 is 10.8 Å². The minimum absolute atomic E-state index is 0.138. The molecule has 1 aromatic heterocycles. The quantitative estimate of drug-likeness (QED) is 0.806. The van der Waals surface area contributed by atoms with Crippen molar-refractivity contribution in [2.45, 2.75) is 44.6 Å². The van der Waals surface area contributed by atoms with Gasteiger partial charge in [-0.3, -0.25) is 4.79 Å². The van der Waals surface area contributed by atoms with Crippen molar-refractivity contribution >= 4 is 5.69 Å². The smallest absolute Gasteiger partial charge is 0.290 e. The number of nitrogen functional groups attached to an aromatic ring is 1. The largest absolute Gasteiger partial charge is 0.394 e. The third-order valence-corrected chi connectivity index (χ3v) is 3.51. The van der Waals surface area contributed by atoms with Crippen molar-refractivity contribution in [1.29, 1.82) is 0 Å². The maximum atomic E-state index is 11.7. The van der Waals surface area contributed by atoms with E-state index in [0.717, 1.165) is 18.5 Å². The monoisotopic (exact) mass is 237 g/mol. The molecule has 0 aliphatic heterocycles. The molecule has 1 aliphatic rings. The second-order valence-corrected chi connectivity index (χ2v) is 4.80. The van der Waals surface area contributed by atoms with Gasteiger partial charge in [0, 0.05) is 18.5 Å². The standard InChI is InChI=1S/C12H19N3O2/c1-7(16)9-10(13)12(17)15(2)14-11(9)8-5-3-4-6-8/h7-8,16H,3-6,13H2,1-2H3. The molecule has 1 atom stereocenters. The van der Waals surface area contributed by atoms with Crippen LogP contribution in [0.5, 0.6) is 0 Å². The minimum Gasteiger partial charge on any atom is -0.394 e. The zero-order valence-corrected chi connectivity index (χ0v) is 10.3. The maximum Gasteiger partial charge on any atom is 0.290 e. The number of rotatable bonds is 2. The molecule has 0 bridgehead atoms. The van der Waals surface area contributed by atoms with E-state index in [1.54, 1.807) is 14.0 Å². The van der Waals surface area contributed by atoms with Crippen molar-refractivity contribution in [3.8, 4) is 0 Å². The molecule has 5 nitrogen and oxygen atoms in total. The van der Waals surface area contributed by atoms with Crippen molar-refractivity contribution in [1.82, 2.24) is 9.78 Å². The Bertz CT molecular complexity index is 473. The first-order chi connectivity index (χ1) is 8.02. The normalized spacial score (nSPS) is 18.5. The zero-order chi connectivity index (χ0) is 12.6. The lowest BCUT2D eigenvalue weighted by molar-refractivity contribution is 0.197. The molecule has 1 saturated carbocycles. The lowest BCUT2D eigenvalue weighted by Crippen LogP contribution is -2.28. The first-order valence-corrected chi connectivity index (χ1v) is 6.07. The molecule has 3 N–H and O–H groups in total. The molecule has 1 aliphatic carbocycles. The van der Waals surface area contributed by atoms with Crippen LogP contribution >= 0.6 is 0 Å². The van der Waals surface area contributed by atoms with Gasteiger partial charge in [0.2, 0.25) is 0 Å². The van der Waals surface area contributed by atoms with Gasteiger partial charge >= 0.3 is 0 Å². The van der Waals surface area contributed by atoms with Crippen LogP contribution in [0.2, 0.25) is 0 Å². The predicted molar refractivity (Wildman–Crippen MR) is 65.7 cm³/mol. The lowest BCUT2D eigenvalue weighted by atomic mass is 9.95. The van der Waals surface area contributed by atoms with Gasteiger partial charge in [-0.15, -0.1) is 0 Å². The fourth-order valence-electron chi connectivity index (χ4n) is 2.63. The summed E-state index contributed by atoms with van der Waals surface area (Å²) in [5.41, 5.74) is 6.96. The van der Waals surface area contributed by atoms with Gasteiger partial charge in [0.25, 0.3) is 5.56 Å². The van der Waals surface area contributed by atoms with Crippen molar-refractivity contribution in [3.05, 3.63) is 21.6 Å². The fraction of sp³-hybridized carbons (Fsp3) is 0.667. The molecule has 0 amide bonds. The Morgan fingerprint density at radius 3 is 2.59 bits per heavy atom. The van der Waals surface area contributed by atoms with Crippen molar-refractivity contribution in [2.24, 2.45) is 7.05 Å². The molecule has 0 radical (unpaired) electrons. The molecule has 94 valence electrons. The summed E-state index contributed by atoms with van der Waals surface area (Å²) < 4.78 is 1.27. The molecule has 1 aromatic rings. The molecule has 1 heterocycles. The molecule has 0 aromatic carbocycles. The van der Waals surface area contributed by atoms with Gasteiger partial charge in [-0.05, 0) is 19.8 Å². The van der Waals surface area contributed by atoms with E-state index in [1.807, 2.05) is 0 Å². The van der Waals surface area contributed by atoms with E-state index in [9.17, 15) is 9.90 Å². The Morgan fingerprint density at radius 2 is 2.06 bits per heavy atom. The number of anilines is 1. The molecule has 0 spiro atoms. The summed E-state index contributed by atoms with van der Waals surface area (Å²) in [5, 5.41) is 14.1. The van der Waals surface area contributed by atoms with E-state index in [0.29, 0.717) is 11.5 Å². The number of hydrogen-bond acceptors (Lipinski definition) is 4.